The average Bonchev–Trinajstić information content (AvgIpc) is 2.92. The number of hydrogen-bond acceptors (Lipinski definition) is 4. The zero-order chi connectivity index (χ0) is 19.7. The van der Waals surface area contributed by atoms with Crippen LogP contribution in [0.15, 0.2) is 64.8 Å². The summed E-state index contributed by atoms with van der Waals surface area (Å²) in [4.78, 5) is 28.4. The molecule has 1 amide bonds. The largest absolute Gasteiger partial charge is 0.503 e. The number of Topliss-reactive ketones (excluding diaryl/α,β-unsaturated/α-hetero) is 1. The van der Waals surface area contributed by atoms with Gasteiger partial charge in [0.25, 0.3) is 5.91 Å². The number of carbonyl (C=O) groups excluding carboxylic acids is 2. The molecule has 1 heterocycles. The van der Waals surface area contributed by atoms with Gasteiger partial charge in [-0.15, -0.1) is 11.8 Å². The maximum Gasteiger partial charge on any atom is 0.294 e. The molecule has 0 radical (unpaired) electrons. The van der Waals surface area contributed by atoms with Gasteiger partial charge in [0.05, 0.1) is 11.6 Å². The Labute approximate surface area is 163 Å². The van der Waals surface area contributed by atoms with Crippen molar-refractivity contribution in [1.29, 1.82) is 0 Å². The molecule has 27 heavy (non-hydrogen) atoms. The van der Waals surface area contributed by atoms with Gasteiger partial charge < -0.3 is 5.11 Å². The molecule has 1 atom stereocenters. The smallest absolute Gasteiger partial charge is 0.294 e. The van der Waals surface area contributed by atoms with Gasteiger partial charge in [0.1, 0.15) is 0 Å². The minimum atomic E-state index is -0.631. The number of carbonyl (C=O) groups is 2. The number of amides is 1. The molecule has 2 aromatic carbocycles. The Morgan fingerprint density at radius 3 is 2.30 bits per heavy atom. The molecule has 5 heteroatoms. The summed E-state index contributed by atoms with van der Waals surface area (Å²) >= 11 is 1.61. The first-order chi connectivity index (χ1) is 12.9. The van der Waals surface area contributed by atoms with E-state index in [2.05, 4.69) is 0 Å². The lowest BCUT2D eigenvalue weighted by molar-refractivity contribution is -0.119. The molecule has 1 aliphatic heterocycles. The van der Waals surface area contributed by atoms with Crippen LogP contribution >= 0.6 is 11.8 Å². The SMILES string of the molecule is CSc1ccc(N2C(=O)C(O)=C(C(=O)C(C)C)C2c2ccccc2C)cc1. The molecule has 0 bridgehead atoms. The highest BCUT2D eigenvalue weighted by atomic mass is 32.2. The fourth-order valence-corrected chi connectivity index (χ4v) is 3.77. The van der Waals surface area contributed by atoms with E-state index < -0.39 is 17.7 Å². The van der Waals surface area contributed by atoms with Crippen molar-refractivity contribution in [2.75, 3.05) is 11.2 Å². The Hall–Kier alpha value is -2.53. The van der Waals surface area contributed by atoms with E-state index in [1.54, 1.807) is 25.6 Å². The third kappa shape index (κ3) is 3.39. The molecule has 0 saturated heterocycles. The lowest BCUT2D eigenvalue weighted by Crippen LogP contribution is -2.31. The average molecular weight is 381 g/mol. The van der Waals surface area contributed by atoms with Gasteiger partial charge in [0, 0.05) is 16.5 Å². The van der Waals surface area contributed by atoms with Gasteiger partial charge in [-0.25, -0.2) is 0 Å². The summed E-state index contributed by atoms with van der Waals surface area (Å²) in [5.74, 6) is -1.52. The van der Waals surface area contributed by atoms with Crippen LogP contribution in [0.1, 0.15) is 31.0 Å². The van der Waals surface area contributed by atoms with Gasteiger partial charge in [-0.05, 0) is 48.6 Å². The second kappa shape index (κ2) is 7.61. The molecule has 1 unspecified atom stereocenters. The zero-order valence-corrected chi connectivity index (χ0v) is 16.7. The molecule has 0 spiro atoms. The number of hydrogen-bond donors (Lipinski definition) is 1. The van der Waals surface area contributed by atoms with E-state index >= 15 is 0 Å². The number of aliphatic hydroxyl groups excluding tert-OH is 1. The Kier molecular flexibility index (Phi) is 5.42. The van der Waals surface area contributed by atoms with Crippen LogP contribution in [0, 0.1) is 12.8 Å². The van der Waals surface area contributed by atoms with Crippen LogP contribution in [-0.2, 0) is 9.59 Å². The predicted molar refractivity (Wildman–Crippen MR) is 109 cm³/mol. The van der Waals surface area contributed by atoms with Crippen LogP contribution in [0.3, 0.4) is 0 Å². The lowest BCUT2D eigenvalue weighted by Gasteiger charge is -2.28. The van der Waals surface area contributed by atoms with Crippen molar-refractivity contribution in [2.45, 2.75) is 31.7 Å². The summed E-state index contributed by atoms with van der Waals surface area (Å²) in [7, 11) is 0. The van der Waals surface area contributed by atoms with E-state index in [0.29, 0.717) is 5.69 Å². The van der Waals surface area contributed by atoms with Crippen molar-refractivity contribution in [2.24, 2.45) is 5.92 Å². The molecule has 4 nitrogen and oxygen atoms in total. The molecule has 0 aliphatic carbocycles. The van der Waals surface area contributed by atoms with Gasteiger partial charge in [-0.2, -0.15) is 0 Å². The monoisotopic (exact) mass is 381 g/mol. The summed E-state index contributed by atoms with van der Waals surface area (Å²) < 4.78 is 0. The normalized spacial score (nSPS) is 17.1. The first-order valence-corrected chi connectivity index (χ1v) is 10.1. The maximum atomic E-state index is 13.0. The number of thioether (sulfide) groups is 1. The Morgan fingerprint density at radius 2 is 1.74 bits per heavy atom. The third-order valence-electron chi connectivity index (χ3n) is 4.83. The second-order valence-corrected chi connectivity index (χ2v) is 7.79. The molecule has 2 aromatic rings. The molecule has 0 aromatic heterocycles. The molecule has 1 aliphatic rings. The van der Waals surface area contributed by atoms with Crippen LogP contribution in [0.4, 0.5) is 5.69 Å². The number of benzene rings is 2. The van der Waals surface area contributed by atoms with Crippen molar-refractivity contribution in [3.05, 3.63) is 71.0 Å². The van der Waals surface area contributed by atoms with E-state index in [1.807, 2.05) is 61.7 Å². The fourth-order valence-electron chi connectivity index (χ4n) is 3.36. The highest BCUT2D eigenvalue weighted by molar-refractivity contribution is 7.98. The molecular weight excluding hydrogens is 358 g/mol. The number of anilines is 1. The van der Waals surface area contributed by atoms with Crippen molar-refractivity contribution < 1.29 is 14.7 Å². The Bertz CT molecular complexity index is 915. The lowest BCUT2D eigenvalue weighted by atomic mass is 9.89. The van der Waals surface area contributed by atoms with Gasteiger partial charge >= 0.3 is 0 Å². The molecule has 140 valence electrons. The van der Waals surface area contributed by atoms with Gasteiger partial charge in [-0.1, -0.05) is 38.1 Å². The standard InChI is InChI=1S/C22H23NO3S/c1-13(2)20(24)18-19(17-8-6-5-7-14(17)3)23(22(26)21(18)25)15-9-11-16(27-4)12-10-15/h5-13,19,25H,1-4H3. The molecule has 0 saturated carbocycles. The first kappa shape index (κ1) is 19.2. The van der Waals surface area contributed by atoms with Crippen LogP contribution in [-0.4, -0.2) is 23.1 Å². The fraction of sp³-hybridized carbons (Fsp3) is 0.273. The van der Waals surface area contributed by atoms with Crippen LogP contribution in [0.2, 0.25) is 0 Å². The summed E-state index contributed by atoms with van der Waals surface area (Å²) in [5.41, 5.74) is 2.64. The summed E-state index contributed by atoms with van der Waals surface area (Å²) in [6, 6.07) is 14.6. The van der Waals surface area contributed by atoms with Crippen molar-refractivity contribution in [3.63, 3.8) is 0 Å². The topological polar surface area (TPSA) is 57.6 Å². The highest BCUT2D eigenvalue weighted by Gasteiger charge is 2.45. The quantitative estimate of drug-likeness (QED) is 0.753. The summed E-state index contributed by atoms with van der Waals surface area (Å²) in [6.07, 6.45) is 1.99. The Morgan fingerprint density at radius 1 is 1.11 bits per heavy atom. The van der Waals surface area contributed by atoms with E-state index in [-0.39, 0.29) is 17.3 Å². The van der Waals surface area contributed by atoms with Gasteiger partial charge in [0.2, 0.25) is 0 Å². The van der Waals surface area contributed by atoms with Crippen LogP contribution in [0.25, 0.3) is 0 Å². The number of aliphatic hydroxyl groups is 1. The van der Waals surface area contributed by atoms with Gasteiger partial charge in [0.15, 0.2) is 11.5 Å². The van der Waals surface area contributed by atoms with Crippen molar-refractivity contribution in [3.8, 4) is 0 Å². The van der Waals surface area contributed by atoms with Crippen molar-refractivity contribution in [1.82, 2.24) is 0 Å². The molecule has 1 N–H and O–H groups in total. The second-order valence-electron chi connectivity index (χ2n) is 6.91. The molecule has 3 rings (SSSR count). The summed E-state index contributed by atoms with van der Waals surface area (Å²) in [6.45, 7) is 5.50. The minimum Gasteiger partial charge on any atom is -0.503 e. The van der Waals surface area contributed by atoms with Crippen LogP contribution < -0.4 is 4.90 Å². The zero-order valence-electron chi connectivity index (χ0n) is 15.9. The number of rotatable bonds is 5. The van der Waals surface area contributed by atoms with E-state index in [4.69, 9.17) is 0 Å². The van der Waals surface area contributed by atoms with Gasteiger partial charge in [-0.3, -0.25) is 14.5 Å². The predicted octanol–water partition coefficient (Wildman–Crippen LogP) is 4.84. The third-order valence-corrected chi connectivity index (χ3v) is 5.58. The van der Waals surface area contributed by atoms with E-state index in [9.17, 15) is 14.7 Å². The molecule has 0 fully saturated rings. The van der Waals surface area contributed by atoms with E-state index in [0.717, 1.165) is 16.0 Å². The molecular formula is C22H23NO3S. The van der Waals surface area contributed by atoms with E-state index in [1.165, 1.54) is 4.90 Å². The highest BCUT2D eigenvalue weighted by Crippen LogP contribution is 2.42. The van der Waals surface area contributed by atoms with Crippen LogP contribution in [0.5, 0.6) is 0 Å². The number of nitrogens with zero attached hydrogens (tertiary/aromatic N) is 1. The number of aryl methyl sites for hydroxylation is 1. The maximum absolute atomic E-state index is 13.0. The Balaban J connectivity index is 2.19. The minimum absolute atomic E-state index is 0.179. The summed E-state index contributed by atoms with van der Waals surface area (Å²) in [5, 5.41) is 10.6. The first-order valence-electron chi connectivity index (χ1n) is 8.87. The van der Waals surface area contributed by atoms with Crippen molar-refractivity contribution >= 4 is 29.1 Å². The number of ketones is 1.